The summed E-state index contributed by atoms with van der Waals surface area (Å²) in [5.41, 5.74) is -2.14. The predicted octanol–water partition coefficient (Wildman–Crippen LogP) is 1.97. The van der Waals surface area contributed by atoms with Gasteiger partial charge in [0.2, 0.25) is 0 Å². The molecule has 0 N–H and O–H groups in total. The SMILES string of the molecule is CC1(Oc2cc(C(=O)OC3C4OC(=O)C5C4OC3C5C(=O)OCCS(=O)(=O)[O-])ccc2C(F)(F)F)CCCC1. The van der Waals surface area contributed by atoms with Gasteiger partial charge in [0, 0.05) is 0 Å². The van der Waals surface area contributed by atoms with Crippen molar-refractivity contribution < 1.29 is 64.2 Å². The van der Waals surface area contributed by atoms with Crippen molar-refractivity contribution in [3.8, 4) is 5.75 Å². The summed E-state index contributed by atoms with van der Waals surface area (Å²) in [6, 6.07) is 2.60. The lowest BCUT2D eigenvalue weighted by atomic mass is 9.78. The van der Waals surface area contributed by atoms with Crippen molar-refractivity contribution >= 4 is 28.0 Å². The normalized spacial score (nSPS) is 30.7. The summed E-state index contributed by atoms with van der Waals surface area (Å²) in [6.45, 7) is 0.954. The van der Waals surface area contributed by atoms with Gasteiger partial charge >= 0.3 is 24.1 Å². The van der Waals surface area contributed by atoms with Crippen molar-refractivity contribution in [1.82, 2.24) is 0 Å². The molecular weight excluding hydrogens is 553 g/mol. The molecule has 1 aromatic rings. The Morgan fingerprint density at radius 3 is 2.49 bits per heavy atom. The highest BCUT2D eigenvalue weighted by atomic mass is 32.2. The summed E-state index contributed by atoms with van der Waals surface area (Å²) in [7, 11) is -4.66. The first-order valence-electron chi connectivity index (χ1n) is 12.2. The van der Waals surface area contributed by atoms with Gasteiger partial charge in [0.25, 0.3) is 0 Å². The standard InChI is InChI=1S/C24H25F3O11S/c1-23(6-2-3-7-23)38-13-10-11(4-5-12(13)24(25,26)27)20(28)36-18-16-14(21(29)34-8-9-39(31,32)33)15-17(35-16)19(18)37-22(15)30/h4-5,10,14-19H,2-3,6-9H2,1H3,(H,31,32,33)/p-1. The average molecular weight is 578 g/mol. The second-order valence-electron chi connectivity index (χ2n) is 10.3. The maximum absolute atomic E-state index is 13.7. The number of hydrogen-bond donors (Lipinski definition) is 0. The van der Waals surface area contributed by atoms with E-state index in [0.29, 0.717) is 12.8 Å². The lowest BCUT2D eigenvalue weighted by Gasteiger charge is -2.28. The van der Waals surface area contributed by atoms with Crippen molar-refractivity contribution in [3.05, 3.63) is 29.3 Å². The van der Waals surface area contributed by atoms with Crippen LogP contribution in [0.2, 0.25) is 0 Å². The number of esters is 3. The summed E-state index contributed by atoms with van der Waals surface area (Å²) in [5, 5.41) is 0. The van der Waals surface area contributed by atoms with E-state index < -0.39 is 99.7 Å². The summed E-state index contributed by atoms with van der Waals surface area (Å²) in [5.74, 6) is -6.78. The molecule has 15 heteroatoms. The number of rotatable bonds is 8. The van der Waals surface area contributed by atoms with Crippen LogP contribution in [-0.2, 0) is 44.8 Å². The van der Waals surface area contributed by atoms with Crippen LogP contribution in [0.1, 0.15) is 48.5 Å². The Balaban J connectivity index is 1.35. The second kappa shape index (κ2) is 9.63. The van der Waals surface area contributed by atoms with Crippen molar-refractivity contribution in [2.75, 3.05) is 12.4 Å². The summed E-state index contributed by atoms with van der Waals surface area (Å²) in [4.78, 5) is 38.1. The zero-order chi connectivity index (χ0) is 28.3. The van der Waals surface area contributed by atoms with Crippen LogP contribution in [-0.4, -0.2) is 73.3 Å². The Morgan fingerprint density at radius 1 is 1.15 bits per heavy atom. The molecule has 39 heavy (non-hydrogen) atoms. The maximum atomic E-state index is 13.7. The van der Waals surface area contributed by atoms with Crippen LogP contribution in [0.4, 0.5) is 13.2 Å². The number of carbonyl (C=O) groups is 3. The smallest absolute Gasteiger partial charge is 0.419 e. The molecule has 6 atom stereocenters. The van der Waals surface area contributed by atoms with Gasteiger partial charge in [-0.15, -0.1) is 0 Å². The van der Waals surface area contributed by atoms with Gasteiger partial charge in [-0.05, 0) is 50.8 Å². The van der Waals surface area contributed by atoms with E-state index in [2.05, 4.69) is 0 Å². The average Bonchev–Trinajstić information content (AvgIpc) is 3.55. The molecule has 214 valence electrons. The Morgan fingerprint density at radius 2 is 1.85 bits per heavy atom. The third kappa shape index (κ3) is 5.31. The second-order valence-corrected chi connectivity index (χ2v) is 11.8. The first kappa shape index (κ1) is 27.6. The molecule has 2 bridgehead atoms. The minimum atomic E-state index is -4.74. The number of halogens is 3. The first-order chi connectivity index (χ1) is 18.2. The monoisotopic (exact) mass is 577 g/mol. The van der Waals surface area contributed by atoms with Crippen LogP contribution < -0.4 is 4.74 Å². The fraction of sp³-hybridized carbons (Fsp3) is 0.625. The van der Waals surface area contributed by atoms with E-state index in [9.17, 15) is 40.5 Å². The van der Waals surface area contributed by atoms with Crippen molar-refractivity contribution in [2.24, 2.45) is 11.8 Å². The Labute approximate surface area is 220 Å². The van der Waals surface area contributed by atoms with Crippen LogP contribution in [0.25, 0.3) is 0 Å². The molecule has 1 saturated carbocycles. The van der Waals surface area contributed by atoms with Gasteiger partial charge in [-0.25, -0.2) is 13.2 Å². The van der Waals surface area contributed by atoms with Gasteiger partial charge in [-0.1, -0.05) is 0 Å². The fourth-order valence-corrected chi connectivity index (χ4v) is 6.02. The molecular formula is C24H24F3O11S-. The molecule has 0 aromatic heterocycles. The molecule has 3 aliphatic heterocycles. The van der Waals surface area contributed by atoms with Gasteiger partial charge in [-0.2, -0.15) is 13.2 Å². The minimum Gasteiger partial charge on any atom is -0.748 e. The van der Waals surface area contributed by atoms with Gasteiger partial charge in [-0.3, -0.25) is 9.59 Å². The Bertz CT molecular complexity index is 1290. The van der Waals surface area contributed by atoms with Crippen molar-refractivity contribution in [1.29, 1.82) is 0 Å². The van der Waals surface area contributed by atoms with E-state index in [1.165, 1.54) is 0 Å². The first-order valence-corrected chi connectivity index (χ1v) is 13.8. The van der Waals surface area contributed by atoms with Gasteiger partial charge in [0.15, 0.2) is 12.2 Å². The number of fused-ring (bicyclic) bond motifs is 1. The van der Waals surface area contributed by atoms with E-state index in [4.69, 9.17) is 23.7 Å². The minimum absolute atomic E-state index is 0.261. The molecule has 3 heterocycles. The Hall–Kier alpha value is -2.91. The van der Waals surface area contributed by atoms with Crippen molar-refractivity contribution in [3.63, 3.8) is 0 Å². The largest absolute Gasteiger partial charge is 0.748 e. The van der Waals surface area contributed by atoms with Crippen molar-refractivity contribution in [2.45, 2.75) is 68.8 Å². The van der Waals surface area contributed by atoms with Crippen LogP contribution in [0.3, 0.4) is 0 Å². The lowest BCUT2D eigenvalue weighted by molar-refractivity contribution is -0.155. The molecule has 4 fully saturated rings. The topological polar surface area (TPSA) is 155 Å². The number of benzene rings is 1. The van der Waals surface area contributed by atoms with E-state index >= 15 is 0 Å². The highest BCUT2D eigenvalue weighted by molar-refractivity contribution is 7.85. The number of hydrogen-bond acceptors (Lipinski definition) is 11. The maximum Gasteiger partial charge on any atom is 0.419 e. The third-order valence-corrected chi connectivity index (χ3v) is 8.20. The number of alkyl halides is 3. The van der Waals surface area contributed by atoms with Crippen LogP contribution in [0, 0.1) is 11.8 Å². The molecule has 11 nitrogen and oxygen atoms in total. The van der Waals surface area contributed by atoms with Gasteiger partial charge in [0.05, 0.1) is 27.0 Å². The quantitative estimate of drug-likeness (QED) is 0.253. The zero-order valence-electron chi connectivity index (χ0n) is 20.5. The third-order valence-electron chi connectivity index (χ3n) is 7.54. The predicted molar refractivity (Wildman–Crippen MR) is 119 cm³/mol. The summed E-state index contributed by atoms with van der Waals surface area (Å²) >= 11 is 0. The molecule has 1 aromatic carbocycles. The number of carbonyl (C=O) groups excluding carboxylic acids is 3. The summed E-state index contributed by atoms with van der Waals surface area (Å²) < 4.78 is 100. The highest BCUT2D eigenvalue weighted by Crippen LogP contribution is 2.51. The van der Waals surface area contributed by atoms with Crippen LogP contribution in [0.5, 0.6) is 5.75 Å². The number of ether oxygens (including phenoxy) is 5. The Kier molecular flexibility index (Phi) is 6.82. The molecule has 0 radical (unpaired) electrons. The molecule has 6 unspecified atom stereocenters. The lowest BCUT2D eigenvalue weighted by Crippen LogP contribution is -2.48. The molecule has 4 aliphatic rings. The van der Waals surface area contributed by atoms with E-state index in [1.807, 2.05) is 0 Å². The highest BCUT2D eigenvalue weighted by Gasteiger charge is 2.72. The molecule has 3 saturated heterocycles. The van der Waals surface area contributed by atoms with Gasteiger partial charge < -0.3 is 28.2 Å². The summed E-state index contributed by atoms with van der Waals surface area (Å²) in [6.07, 6.45) is -6.54. The molecule has 5 rings (SSSR count). The molecule has 0 spiro atoms. The van der Waals surface area contributed by atoms with E-state index in [-0.39, 0.29) is 5.56 Å². The van der Waals surface area contributed by atoms with E-state index in [0.717, 1.165) is 31.0 Å². The zero-order valence-corrected chi connectivity index (χ0v) is 21.3. The van der Waals surface area contributed by atoms with Crippen LogP contribution in [0.15, 0.2) is 18.2 Å². The van der Waals surface area contributed by atoms with Gasteiger partial charge in [0.1, 0.15) is 42.0 Å². The molecule has 1 aliphatic carbocycles. The molecule has 0 amide bonds. The van der Waals surface area contributed by atoms with E-state index in [1.54, 1.807) is 6.92 Å². The fourth-order valence-electron chi connectivity index (χ4n) is 5.73. The van der Waals surface area contributed by atoms with Crippen LogP contribution >= 0.6 is 0 Å².